The normalized spacial score (nSPS) is 31.2. The molecule has 2 aromatic rings. The van der Waals surface area contributed by atoms with E-state index in [0.717, 1.165) is 44.8 Å². The molecular weight excluding hydrogens is 386 g/mol. The van der Waals surface area contributed by atoms with Crippen LogP contribution in [-0.4, -0.2) is 66.8 Å². The monoisotopic (exact) mass is 417 g/mol. The Hall–Kier alpha value is -2.50. The molecule has 162 valence electrons. The Kier molecular flexibility index (Phi) is 5.63. The number of benzene rings is 2. The van der Waals surface area contributed by atoms with Gasteiger partial charge in [-0.05, 0) is 12.0 Å². The Labute approximate surface area is 184 Å². The summed E-state index contributed by atoms with van der Waals surface area (Å²) in [6, 6.07) is 20.3. The third-order valence-electron chi connectivity index (χ3n) is 7.36. The van der Waals surface area contributed by atoms with Gasteiger partial charge in [0.2, 0.25) is 5.91 Å². The van der Waals surface area contributed by atoms with Crippen LogP contribution in [0.2, 0.25) is 0 Å². The minimum Gasteiger partial charge on any atom is -0.352 e. The van der Waals surface area contributed by atoms with Crippen molar-refractivity contribution in [2.75, 3.05) is 39.3 Å². The smallest absolute Gasteiger partial charge is 0.220 e. The molecule has 4 bridgehead atoms. The second-order valence-electron chi connectivity index (χ2n) is 9.44. The largest absolute Gasteiger partial charge is 0.352 e. The summed E-state index contributed by atoms with van der Waals surface area (Å²) in [6.07, 6.45) is 1.41. The molecule has 2 aromatic carbocycles. The topological polar surface area (TPSA) is 52.7 Å². The van der Waals surface area contributed by atoms with Crippen LogP contribution < -0.4 is 5.32 Å². The maximum Gasteiger partial charge on any atom is 0.220 e. The first kappa shape index (κ1) is 20.4. The second-order valence-corrected chi connectivity index (χ2v) is 9.44. The summed E-state index contributed by atoms with van der Waals surface area (Å²) < 4.78 is 0. The predicted octanol–water partition coefficient (Wildman–Crippen LogP) is 2.72. The van der Waals surface area contributed by atoms with Gasteiger partial charge in [0.05, 0.1) is 0 Å². The number of hydrogen-bond acceptors (Lipinski definition) is 4. The minimum absolute atomic E-state index is 0.0611. The van der Waals surface area contributed by atoms with Gasteiger partial charge in [-0.15, -0.1) is 0 Å². The van der Waals surface area contributed by atoms with E-state index < -0.39 is 0 Å². The summed E-state index contributed by atoms with van der Waals surface area (Å²) in [5, 5.41) is 3.44. The lowest BCUT2D eigenvalue weighted by Crippen LogP contribution is -2.70. The lowest BCUT2D eigenvalue weighted by molar-refractivity contribution is -0.124. The van der Waals surface area contributed by atoms with Crippen molar-refractivity contribution in [1.29, 1.82) is 0 Å². The standard InChI is InChI=1S/C26H31N3O2/c30-23(20-8-3-1-4-9-20)12-7-13-24(31)27-25-21-16-28-14-15-29(17-21)19-26(25,18-28)22-10-5-2-6-11-22/h1-6,8-11,21,25H,7,12-19H2,(H,27,31)/t21?,25-,26?/m1/s1. The molecule has 2 unspecified atom stereocenters. The first-order chi connectivity index (χ1) is 15.1. The molecule has 6 rings (SSSR count). The molecule has 4 heterocycles. The van der Waals surface area contributed by atoms with E-state index in [2.05, 4.69) is 45.4 Å². The molecule has 4 aliphatic heterocycles. The van der Waals surface area contributed by atoms with Gasteiger partial charge in [0, 0.05) is 75.0 Å². The molecule has 5 heteroatoms. The average molecular weight is 418 g/mol. The van der Waals surface area contributed by atoms with Crippen LogP contribution in [0.15, 0.2) is 60.7 Å². The maximum absolute atomic E-state index is 13.0. The highest BCUT2D eigenvalue weighted by atomic mass is 16.1. The number of carbonyl (C=O) groups is 2. The number of ketones is 1. The Morgan fingerprint density at radius 2 is 1.48 bits per heavy atom. The fourth-order valence-corrected chi connectivity index (χ4v) is 5.99. The third kappa shape index (κ3) is 4.04. The summed E-state index contributed by atoms with van der Waals surface area (Å²) in [5.41, 5.74) is 2.00. The van der Waals surface area contributed by atoms with E-state index in [9.17, 15) is 9.59 Å². The molecule has 4 fully saturated rings. The van der Waals surface area contributed by atoms with E-state index in [1.807, 2.05) is 30.3 Å². The van der Waals surface area contributed by atoms with Crippen molar-refractivity contribution in [3.63, 3.8) is 0 Å². The second kappa shape index (κ2) is 8.56. The van der Waals surface area contributed by atoms with Gasteiger partial charge in [-0.25, -0.2) is 0 Å². The Morgan fingerprint density at radius 3 is 2.13 bits per heavy atom. The molecule has 0 spiro atoms. The van der Waals surface area contributed by atoms with Crippen LogP contribution >= 0.6 is 0 Å². The van der Waals surface area contributed by atoms with Crippen LogP contribution in [0.25, 0.3) is 0 Å². The average Bonchev–Trinajstić information content (AvgIpc) is 3.05. The Morgan fingerprint density at radius 1 is 0.871 bits per heavy atom. The molecule has 1 N–H and O–H groups in total. The lowest BCUT2D eigenvalue weighted by atomic mass is 9.64. The molecule has 4 aliphatic rings. The lowest BCUT2D eigenvalue weighted by Gasteiger charge is -2.55. The Balaban J connectivity index is 1.27. The summed E-state index contributed by atoms with van der Waals surface area (Å²) in [6.45, 7) is 6.36. The fourth-order valence-electron chi connectivity index (χ4n) is 5.99. The summed E-state index contributed by atoms with van der Waals surface area (Å²) in [7, 11) is 0. The number of nitrogens with zero attached hydrogens (tertiary/aromatic N) is 2. The highest BCUT2D eigenvalue weighted by molar-refractivity contribution is 5.96. The van der Waals surface area contributed by atoms with E-state index in [-0.39, 0.29) is 23.1 Å². The molecule has 3 atom stereocenters. The first-order valence-corrected chi connectivity index (χ1v) is 11.5. The molecule has 0 radical (unpaired) electrons. The van der Waals surface area contributed by atoms with Gasteiger partial charge in [-0.2, -0.15) is 0 Å². The van der Waals surface area contributed by atoms with Gasteiger partial charge in [0.15, 0.2) is 5.78 Å². The Bertz CT molecular complexity index is 914. The van der Waals surface area contributed by atoms with Crippen molar-refractivity contribution < 1.29 is 9.59 Å². The van der Waals surface area contributed by atoms with Gasteiger partial charge in [-0.3, -0.25) is 9.59 Å². The van der Waals surface area contributed by atoms with Crippen molar-refractivity contribution in [3.05, 3.63) is 71.8 Å². The number of hydrogen-bond donors (Lipinski definition) is 1. The SMILES string of the molecule is O=C(CCCC(=O)c1ccccc1)N[C@@H]1C2CN3CCN(C2)CC1(c1ccccc1)C3. The zero-order chi connectivity index (χ0) is 21.3. The summed E-state index contributed by atoms with van der Waals surface area (Å²) in [4.78, 5) is 30.5. The zero-order valence-electron chi connectivity index (χ0n) is 18.0. The predicted molar refractivity (Wildman–Crippen MR) is 121 cm³/mol. The fraction of sp³-hybridized carbons (Fsp3) is 0.462. The molecule has 1 amide bonds. The van der Waals surface area contributed by atoms with Crippen molar-refractivity contribution in [1.82, 2.24) is 15.1 Å². The van der Waals surface area contributed by atoms with Gasteiger partial charge >= 0.3 is 0 Å². The van der Waals surface area contributed by atoms with Crippen LogP contribution in [0, 0.1) is 5.92 Å². The van der Waals surface area contributed by atoms with Gasteiger partial charge in [0.25, 0.3) is 0 Å². The number of amides is 1. The molecule has 31 heavy (non-hydrogen) atoms. The van der Waals surface area contributed by atoms with Crippen LogP contribution in [0.4, 0.5) is 0 Å². The van der Waals surface area contributed by atoms with Crippen molar-refractivity contribution in [2.24, 2.45) is 5.92 Å². The summed E-state index contributed by atoms with van der Waals surface area (Å²) >= 11 is 0. The number of carbonyl (C=O) groups excluding carboxylic acids is 2. The van der Waals surface area contributed by atoms with Gasteiger partial charge in [0.1, 0.15) is 0 Å². The van der Waals surface area contributed by atoms with E-state index in [1.54, 1.807) is 0 Å². The van der Waals surface area contributed by atoms with Crippen molar-refractivity contribution in [2.45, 2.75) is 30.7 Å². The van der Waals surface area contributed by atoms with Gasteiger partial charge < -0.3 is 15.1 Å². The molecule has 5 nitrogen and oxygen atoms in total. The van der Waals surface area contributed by atoms with Crippen molar-refractivity contribution >= 4 is 11.7 Å². The first-order valence-electron chi connectivity index (χ1n) is 11.5. The molecular formula is C26H31N3O2. The van der Waals surface area contributed by atoms with Crippen LogP contribution in [0.3, 0.4) is 0 Å². The van der Waals surface area contributed by atoms with Gasteiger partial charge in [-0.1, -0.05) is 60.7 Å². The van der Waals surface area contributed by atoms with Crippen LogP contribution in [0.1, 0.15) is 35.2 Å². The third-order valence-corrected chi connectivity index (χ3v) is 7.36. The summed E-state index contributed by atoms with van der Waals surface area (Å²) in [5.74, 6) is 0.637. The zero-order valence-corrected chi connectivity index (χ0v) is 18.0. The van der Waals surface area contributed by atoms with Crippen LogP contribution in [-0.2, 0) is 10.2 Å². The van der Waals surface area contributed by atoms with Crippen molar-refractivity contribution in [3.8, 4) is 0 Å². The maximum atomic E-state index is 13.0. The van der Waals surface area contributed by atoms with E-state index in [1.165, 1.54) is 5.56 Å². The number of piperidine rings is 2. The molecule has 0 saturated carbocycles. The molecule has 4 saturated heterocycles. The highest BCUT2D eigenvalue weighted by Gasteiger charge is 2.55. The minimum atomic E-state index is -0.0611. The molecule has 0 aliphatic carbocycles. The number of Topliss-reactive ketones (excluding diaryl/α,β-unsaturated/α-hetero) is 1. The highest BCUT2D eigenvalue weighted by Crippen LogP contribution is 2.43. The molecule has 0 aromatic heterocycles. The number of nitrogens with one attached hydrogen (secondary N) is 1. The number of rotatable bonds is 7. The van der Waals surface area contributed by atoms with E-state index >= 15 is 0 Å². The van der Waals surface area contributed by atoms with E-state index in [0.29, 0.717) is 25.2 Å². The quantitative estimate of drug-likeness (QED) is 0.704. The van der Waals surface area contributed by atoms with E-state index in [4.69, 9.17) is 0 Å². The number of fused-ring (bicyclic) bond motifs is 1. The van der Waals surface area contributed by atoms with Crippen LogP contribution in [0.5, 0.6) is 0 Å².